The van der Waals surface area contributed by atoms with E-state index in [9.17, 15) is 0 Å². The van der Waals surface area contributed by atoms with Crippen LogP contribution in [0.15, 0.2) is 54.7 Å². The molecule has 7 heteroatoms. The lowest BCUT2D eigenvalue weighted by Crippen LogP contribution is -2.28. The quantitative estimate of drug-likeness (QED) is 0.525. The van der Waals surface area contributed by atoms with Crippen LogP contribution >= 0.6 is 0 Å². The van der Waals surface area contributed by atoms with E-state index in [1.54, 1.807) is 6.07 Å². The summed E-state index contributed by atoms with van der Waals surface area (Å²) in [5.74, 6) is 0. The van der Waals surface area contributed by atoms with Crippen molar-refractivity contribution in [2.75, 3.05) is 26.2 Å². The highest BCUT2D eigenvalue weighted by molar-refractivity contribution is 5.70. The predicted octanol–water partition coefficient (Wildman–Crippen LogP) is 3.54. The molecule has 1 aliphatic rings. The first-order chi connectivity index (χ1) is 15.7. The van der Waals surface area contributed by atoms with Gasteiger partial charge in [-0.3, -0.25) is 4.90 Å². The van der Waals surface area contributed by atoms with Crippen molar-refractivity contribution < 1.29 is 0 Å². The fourth-order valence-electron chi connectivity index (χ4n) is 4.24. The number of nitriles is 2. The summed E-state index contributed by atoms with van der Waals surface area (Å²) in [6, 6.07) is 19.7. The van der Waals surface area contributed by atoms with Crippen molar-refractivity contribution in [3.05, 3.63) is 71.7 Å². The molecule has 5 rings (SSSR count). The zero-order valence-corrected chi connectivity index (χ0v) is 17.7. The lowest BCUT2D eigenvalue weighted by atomic mass is 10.1. The van der Waals surface area contributed by atoms with Crippen LogP contribution in [0, 0.1) is 22.7 Å². The maximum atomic E-state index is 9.16. The van der Waals surface area contributed by atoms with E-state index in [2.05, 4.69) is 37.9 Å². The van der Waals surface area contributed by atoms with Gasteiger partial charge in [0.05, 0.1) is 23.0 Å². The molecule has 2 N–H and O–H groups in total. The Balaban J connectivity index is 1.62. The largest absolute Gasteiger partial charge is 0.346 e. The molecule has 0 spiro atoms. The van der Waals surface area contributed by atoms with Crippen LogP contribution in [0.4, 0.5) is 0 Å². The molecule has 32 heavy (non-hydrogen) atoms. The predicted molar refractivity (Wildman–Crippen MR) is 123 cm³/mol. The zero-order chi connectivity index (χ0) is 21.9. The molecule has 0 aliphatic carbocycles. The van der Waals surface area contributed by atoms with Gasteiger partial charge in [-0.1, -0.05) is 12.1 Å². The molecule has 4 heterocycles. The molecule has 0 atom stereocenters. The topological polar surface area (TPSA) is 95.9 Å². The van der Waals surface area contributed by atoms with Crippen LogP contribution in [-0.2, 0) is 6.54 Å². The number of H-pyrrole nitrogens is 1. The summed E-state index contributed by atoms with van der Waals surface area (Å²) in [5.41, 5.74) is 7.03. The van der Waals surface area contributed by atoms with Crippen LogP contribution in [0.2, 0.25) is 0 Å². The van der Waals surface area contributed by atoms with Gasteiger partial charge in [-0.05, 0) is 55.9 Å². The summed E-state index contributed by atoms with van der Waals surface area (Å²) in [5, 5.41) is 21.8. The van der Waals surface area contributed by atoms with Crippen LogP contribution in [-0.4, -0.2) is 45.4 Å². The highest BCUT2D eigenvalue weighted by atomic mass is 15.2. The zero-order valence-electron chi connectivity index (χ0n) is 17.7. The van der Waals surface area contributed by atoms with E-state index in [0.717, 1.165) is 73.0 Å². The van der Waals surface area contributed by atoms with Crippen LogP contribution in [0.25, 0.3) is 28.2 Å². The third-order valence-electron chi connectivity index (χ3n) is 5.93. The molecule has 0 bridgehead atoms. The van der Waals surface area contributed by atoms with Crippen molar-refractivity contribution in [3.8, 4) is 34.7 Å². The van der Waals surface area contributed by atoms with Crippen LogP contribution in [0.5, 0.6) is 0 Å². The first-order valence-corrected chi connectivity index (χ1v) is 10.8. The molecule has 1 aromatic carbocycles. The summed E-state index contributed by atoms with van der Waals surface area (Å²) < 4.78 is 2.16. The van der Waals surface area contributed by atoms with Crippen LogP contribution in [0.3, 0.4) is 0 Å². The Hall–Kier alpha value is -3.91. The monoisotopic (exact) mass is 421 g/mol. The molecule has 0 unspecified atom stereocenters. The number of nitrogens with zero attached hydrogens (tertiary/aromatic N) is 5. The van der Waals surface area contributed by atoms with E-state index < -0.39 is 0 Å². The van der Waals surface area contributed by atoms with E-state index in [4.69, 9.17) is 15.5 Å². The van der Waals surface area contributed by atoms with Crippen molar-refractivity contribution in [1.82, 2.24) is 24.6 Å². The Morgan fingerprint density at radius 1 is 0.906 bits per heavy atom. The summed E-state index contributed by atoms with van der Waals surface area (Å²) in [6.07, 6.45) is 3.21. The summed E-state index contributed by atoms with van der Waals surface area (Å²) >= 11 is 0. The maximum Gasteiger partial charge on any atom is 0.137 e. The van der Waals surface area contributed by atoms with Gasteiger partial charge in [0.25, 0.3) is 0 Å². The second kappa shape index (κ2) is 8.68. The Bertz CT molecular complexity index is 1320. The summed E-state index contributed by atoms with van der Waals surface area (Å²) in [6.45, 7) is 4.84. The van der Waals surface area contributed by atoms with Crippen molar-refractivity contribution in [2.45, 2.75) is 13.0 Å². The fraction of sp³-hybridized carbons (Fsp3) is 0.240. The van der Waals surface area contributed by atoms with Crippen LogP contribution in [0.1, 0.15) is 23.4 Å². The Kier molecular flexibility index (Phi) is 5.43. The molecule has 0 saturated carbocycles. The second-order valence-corrected chi connectivity index (χ2v) is 8.02. The van der Waals surface area contributed by atoms with Crippen molar-refractivity contribution in [2.24, 2.45) is 0 Å². The molecule has 7 nitrogen and oxygen atoms in total. The number of nitrogens with one attached hydrogen (secondary N) is 2. The number of benzene rings is 1. The van der Waals surface area contributed by atoms with Gasteiger partial charge in [0.15, 0.2) is 0 Å². The van der Waals surface area contributed by atoms with E-state index in [1.165, 1.54) is 0 Å². The van der Waals surface area contributed by atoms with E-state index in [0.29, 0.717) is 11.3 Å². The van der Waals surface area contributed by atoms with Crippen molar-refractivity contribution >= 4 is 5.65 Å². The second-order valence-electron chi connectivity index (χ2n) is 8.02. The Labute approximate surface area is 186 Å². The van der Waals surface area contributed by atoms with Crippen molar-refractivity contribution in [1.29, 1.82) is 10.5 Å². The number of hydrogen-bond acceptors (Lipinski definition) is 5. The van der Waals surface area contributed by atoms with Crippen LogP contribution < -0.4 is 5.32 Å². The Morgan fingerprint density at radius 2 is 1.75 bits per heavy atom. The fourth-order valence-corrected chi connectivity index (χ4v) is 4.24. The number of aromatic amines is 1. The Morgan fingerprint density at radius 3 is 2.53 bits per heavy atom. The van der Waals surface area contributed by atoms with E-state index >= 15 is 0 Å². The first kappa shape index (κ1) is 20.0. The molecule has 0 amide bonds. The number of aromatic nitrogens is 3. The highest BCUT2D eigenvalue weighted by Gasteiger charge is 2.19. The average molecular weight is 422 g/mol. The molecule has 4 aromatic rings. The number of rotatable bonds is 4. The summed E-state index contributed by atoms with van der Waals surface area (Å²) in [4.78, 5) is 10.6. The molecule has 1 aliphatic heterocycles. The van der Waals surface area contributed by atoms with Gasteiger partial charge in [-0.2, -0.15) is 10.5 Å². The number of hydrogen-bond donors (Lipinski definition) is 2. The first-order valence-electron chi connectivity index (χ1n) is 10.8. The molecule has 158 valence electrons. The van der Waals surface area contributed by atoms with Gasteiger partial charge in [0, 0.05) is 42.7 Å². The molecular formula is C25H23N7. The number of fused-ring (bicyclic) bond motifs is 1. The standard InChI is InChI=1S/C25H23N7/c26-14-18-2-4-19(5-3-18)25-23(17-31-12-1-10-28-11-13-31)32-16-20(6-9-24(32)30-25)22-8-7-21(15-27)29-22/h2-9,16,28-29H,1,10-13,17H2. The van der Waals surface area contributed by atoms with Gasteiger partial charge >= 0.3 is 0 Å². The normalized spacial score (nSPS) is 14.7. The van der Waals surface area contributed by atoms with Gasteiger partial charge < -0.3 is 14.7 Å². The minimum absolute atomic E-state index is 0.543. The van der Waals surface area contributed by atoms with Gasteiger partial charge in [0.2, 0.25) is 0 Å². The average Bonchev–Trinajstić information content (AvgIpc) is 3.36. The molecule has 0 radical (unpaired) electrons. The SMILES string of the molecule is N#Cc1ccc(-c2nc3ccc(-c4ccc(C#N)[nH]4)cn3c2CN2CCCNCC2)cc1. The minimum atomic E-state index is 0.543. The van der Waals surface area contributed by atoms with E-state index in [-0.39, 0.29) is 0 Å². The minimum Gasteiger partial charge on any atom is -0.346 e. The molecule has 3 aromatic heterocycles. The summed E-state index contributed by atoms with van der Waals surface area (Å²) in [7, 11) is 0. The smallest absolute Gasteiger partial charge is 0.137 e. The number of imidazole rings is 1. The van der Waals surface area contributed by atoms with E-state index in [1.807, 2.05) is 42.5 Å². The highest BCUT2D eigenvalue weighted by Crippen LogP contribution is 2.28. The number of pyridine rings is 1. The molecule has 1 saturated heterocycles. The molecule has 1 fully saturated rings. The molecular weight excluding hydrogens is 398 g/mol. The van der Waals surface area contributed by atoms with Gasteiger partial charge in [0.1, 0.15) is 17.4 Å². The lowest BCUT2D eigenvalue weighted by molar-refractivity contribution is 0.281. The lowest BCUT2D eigenvalue weighted by Gasteiger charge is -2.20. The van der Waals surface area contributed by atoms with Gasteiger partial charge in [-0.15, -0.1) is 0 Å². The third kappa shape index (κ3) is 3.88. The maximum absolute atomic E-state index is 9.16. The van der Waals surface area contributed by atoms with Gasteiger partial charge in [-0.25, -0.2) is 4.98 Å². The van der Waals surface area contributed by atoms with Crippen molar-refractivity contribution in [3.63, 3.8) is 0 Å². The third-order valence-corrected chi connectivity index (χ3v) is 5.93.